The molecule has 0 aliphatic rings. The van der Waals surface area contributed by atoms with Crippen LogP contribution < -0.4 is 0 Å². The fourth-order valence-electron chi connectivity index (χ4n) is 3.67. The van der Waals surface area contributed by atoms with Crippen molar-refractivity contribution in [2.75, 3.05) is 0 Å². The number of alkyl halides is 3. The van der Waals surface area contributed by atoms with Gasteiger partial charge in [-0.1, -0.05) is 68.6 Å². The number of hydrogen-bond donors (Lipinski definition) is 1. The van der Waals surface area contributed by atoms with Gasteiger partial charge in [-0.2, -0.15) is 18.3 Å². The first-order valence-electron chi connectivity index (χ1n) is 11.3. The smallest absolute Gasteiger partial charge is 0.393 e. The van der Waals surface area contributed by atoms with Crippen LogP contribution in [-0.4, -0.2) is 32.3 Å². The summed E-state index contributed by atoms with van der Waals surface area (Å²) in [6, 6.07) is 11.8. The molecule has 0 unspecified atom stereocenters. The van der Waals surface area contributed by atoms with Crippen LogP contribution >= 0.6 is 23.5 Å². The predicted molar refractivity (Wildman–Crippen MR) is 144 cm³/mol. The maximum Gasteiger partial charge on any atom is 0.393 e. The molecular formula is C27H26F4N2O2S2. The van der Waals surface area contributed by atoms with Crippen LogP contribution in [0.1, 0.15) is 48.1 Å². The lowest BCUT2D eigenvalue weighted by Gasteiger charge is -2.16. The molecule has 0 aliphatic carbocycles. The minimum absolute atomic E-state index is 0.136. The quantitative estimate of drug-likeness (QED) is 0.271. The highest BCUT2D eigenvalue weighted by Crippen LogP contribution is 2.44. The molecule has 0 aliphatic heterocycles. The number of allylic oxidation sites excluding steroid dienone is 1. The number of carboxylic acids is 1. The van der Waals surface area contributed by atoms with E-state index in [1.54, 1.807) is 25.1 Å². The molecule has 3 aromatic rings. The Labute approximate surface area is 221 Å². The highest BCUT2D eigenvalue weighted by atomic mass is 32.2. The largest absolute Gasteiger partial charge is 0.476 e. The van der Waals surface area contributed by atoms with Gasteiger partial charge in [0.15, 0.2) is 5.69 Å². The Kier molecular flexibility index (Phi) is 8.96. The first-order valence-corrected chi connectivity index (χ1v) is 13.0. The third kappa shape index (κ3) is 7.29. The molecule has 4 nitrogen and oxygen atoms in total. The van der Waals surface area contributed by atoms with Gasteiger partial charge in [0.1, 0.15) is 5.82 Å². The van der Waals surface area contributed by atoms with Crippen LogP contribution in [0.2, 0.25) is 0 Å². The number of hydrogen-bond acceptors (Lipinski definition) is 4. The highest BCUT2D eigenvalue weighted by molar-refractivity contribution is 8.26. The van der Waals surface area contributed by atoms with E-state index in [1.165, 1.54) is 58.5 Å². The van der Waals surface area contributed by atoms with Crippen molar-refractivity contribution >= 4 is 40.1 Å². The SMILES string of the molecule is C=C(S/C(SC(C)C)=C(\C)c1ccc(CC(F)(F)F)cc1)n1nc(C)c(-c2cccc(F)c2)c1C(=O)O. The molecule has 3 rings (SSSR count). The summed E-state index contributed by atoms with van der Waals surface area (Å²) in [6.07, 6.45) is -5.29. The zero-order valence-electron chi connectivity index (χ0n) is 20.7. The van der Waals surface area contributed by atoms with Crippen molar-refractivity contribution in [2.45, 2.75) is 45.5 Å². The zero-order chi connectivity index (χ0) is 27.5. The third-order valence-electron chi connectivity index (χ3n) is 5.26. The molecule has 2 aromatic carbocycles. The molecule has 0 saturated heterocycles. The van der Waals surface area contributed by atoms with Crippen molar-refractivity contribution < 1.29 is 27.5 Å². The minimum atomic E-state index is -4.28. The lowest BCUT2D eigenvalue weighted by molar-refractivity contribution is -0.127. The number of carboxylic acid groups (broad SMARTS) is 1. The fraction of sp³-hybridized carbons (Fsp3) is 0.259. The van der Waals surface area contributed by atoms with Crippen LogP contribution in [0.4, 0.5) is 17.6 Å². The average molecular weight is 551 g/mol. The molecule has 1 N–H and O–H groups in total. The number of aryl methyl sites for hydroxylation is 1. The van der Waals surface area contributed by atoms with Crippen LogP contribution in [0.25, 0.3) is 21.7 Å². The van der Waals surface area contributed by atoms with E-state index in [9.17, 15) is 27.5 Å². The van der Waals surface area contributed by atoms with Crippen LogP contribution in [0, 0.1) is 12.7 Å². The van der Waals surface area contributed by atoms with Crippen LogP contribution in [0.15, 0.2) is 59.3 Å². The monoisotopic (exact) mass is 550 g/mol. The Balaban J connectivity index is 2.00. The molecule has 0 saturated carbocycles. The maximum absolute atomic E-state index is 13.9. The van der Waals surface area contributed by atoms with E-state index in [1.807, 2.05) is 20.8 Å². The molecular weight excluding hydrogens is 524 g/mol. The van der Waals surface area contributed by atoms with E-state index in [0.29, 0.717) is 21.8 Å². The molecule has 196 valence electrons. The molecule has 10 heteroatoms. The molecule has 37 heavy (non-hydrogen) atoms. The van der Waals surface area contributed by atoms with Gasteiger partial charge in [-0.3, -0.25) is 0 Å². The Morgan fingerprint density at radius 1 is 1.16 bits per heavy atom. The lowest BCUT2D eigenvalue weighted by Crippen LogP contribution is -2.11. The molecule has 0 spiro atoms. The van der Waals surface area contributed by atoms with Gasteiger partial charge < -0.3 is 5.11 Å². The number of nitrogens with zero attached hydrogens (tertiary/aromatic N) is 2. The summed E-state index contributed by atoms with van der Waals surface area (Å²) in [5.74, 6) is -1.73. The molecule has 0 bridgehead atoms. The van der Waals surface area contributed by atoms with Gasteiger partial charge in [0.05, 0.1) is 21.4 Å². The van der Waals surface area contributed by atoms with Crippen LogP contribution in [0.3, 0.4) is 0 Å². The Morgan fingerprint density at radius 3 is 2.35 bits per heavy atom. The summed E-state index contributed by atoms with van der Waals surface area (Å²) in [7, 11) is 0. The summed E-state index contributed by atoms with van der Waals surface area (Å²) in [4.78, 5) is 12.3. The first-order chi connectivity index (χ1) is 17.3. The topological polar surface area (TPSA) is 55.1 Å². The molecule has 0 fully saturated rings. The first kappa shape index (κ1) is 28.6. The molecule has 0 atom stereocenters. The summed E-state index contributed by atoms with van der Waals surface area (Å²) in [5, 5.41) is 14.9. The Hall–Kier alpha value is -2.98. The lowest BCUT2D eigenvalue weighted by atomic mass is 10.0. The van der Waals surface area contributed by atoms with E-state index >= 15 is 0 Å². The number of rotatable bonds is 9. The average Bonchev–Trinajstić information content (AvgIpc) is 3.15. The summed E-state index contributed by atoms with van der Waals surface area (Å²) >= 11 is 2.75. The number of aromatic carboxylic acids is 1. The van der Waals surface area contributed by atoms with Crippen molar-refractivity contribution in [3.8, 4) is 11.1 Å². The third-order valence-corrected chi connectivity index (χ3v) is 7.69. The van der Waals surface area contributed by atoms with E-state index in [2.05, 4.69) is 11.7 Å². The van der Waals surface area contributed by atoms with Crippen LogP contribution in [-0.2, 0) is 6.42 Å². The molecule has 0 radical (unpaired) electrons. The summed E-state index contributed by atoms with van der Waals surface area (Å²) in [6.45, 7) is 11.6. The van der Waals surface area contributed by atoms with Crippen molar-refractivity contribution in [3.63, 3.8) is 0 Å². The van der Waals surface area contributed by atoms with Gasteiger partial charge in [-0.25, -0.2) is 13.9 Å². The molecule has 1 aromatic heterocycles. The number of benzene rings is 2. The summed E-state index contributed by atoms with van der Waals surface area (Å²) in [5.41, 5.74) is 2.68. The van der Waals surface area contributed by atoms with E-state index < -0.39 is 24.4 Å². The number of thioether (sulfide) groups is 2. The van der Waals surface area contributed by atoms with Gasteiger partial charge in [-0.05, 0) is 48.2 Å². The van der Waals surface area contributed by atoms with Gasteiger partial charge >= 0.3 is 12.1 Å². The number of halogens is 4. The normalized spacial score (nSPS) is 12.6. The fourth-order valence-corrected chi connectivity index (χ4v) is 6.15. The van der Waals surface area contributed by atoms with Crippen molar-refractivity contribution in [1.29, 1.82) is 0 Å². The van der Waals surface area contributed by atoms with E-state index in [-0.39, 0.29) is 16.5 Å². The Bertz CT molecular complexity index is 1340. The second kappa shape index (κ2) is 11.6. The van der Waals surface area contributed by atoms with Gasteiger partial charge in [0, 0.05) is 10.8 Å². The Morgan fingerprint density at radius 2 is 1.81 bits per heavy atom. The second-order valence-electron chi connectivity index (χ2n) is 8.60. The van der Waals surface area contributed by atoms with Crippen LogP contribution in [0.5, 0.6) is 0 Å². The van der Waals surface area contributed by atoms with Gasteiger partial charge in [0.2, 0.25) is 0 Å². The number of carbonyl (C=O) groups is 1. The predicted octanol–water partition coefficient (Wildman–Crippen LogP) is 8.49. The molecule has 1 heterocycles. The van der Waals surface area contributed by atoms with Crippen molar-refractivity contribution in [2.24, 2.45) is 0 Å². The van der Waals surface area contributed by atoms with E-state index in [0.717, 1.165) is 15.4 Å². The summed E-state index contributed by atoms with van der Waals surface area (Å²) < 4.78 is 54.1. The van der Waals surface area contributed by atoms with Gasteiger partial charge in [0.25, 0.3) is 0 Å². The minimum Gasteiger partial charge on any atom is -0.476 e. The van der Waals surface area contributed by atoms with Crippen molar-refractivity contribution in [3.05, 3.63) is 87.7 Å². The van der Waals surface area contributed by atoms with Gasteiger partial charge in [-0.15, -0.1) is 11.8 Å². The molecule has 0 amide bonds. The number of aromatic nitrogens is 2. The van der Waals surface area contributed by atoms with Crippen molar-refractivity contribution in [1.82, 2.24) is 9.78 Å². The zero-order valence-corrected chi connectivity index (χ0v) is 22.3. The highest BCUT2D eigenvalue weighted by Gasteiger charge is 2.28. The van der Waals surface area contributed by atoms with E-state index in [4.69, 9.17) is 0 Å². The second-order valence-corrected chi connectivity index (χ2v) is 11.5. The standard InChI is InChI=1S/C27H26F4N2O2S2/c1-15(2)36-26(16(3)20-11-9-19(10-12-20)14-27(29,30)31)37-18(5)33-24(25(34)35)23(17(4)32-33)21-7-6-8-22(28)13-21/h6-13,15H,5,14H2,1-4H3,(H,34,35)/b26-16+. The maximum atomic E-state index is 13.9.